The molecular weight excluding hydrogens is 665 g/mol. The summed E-state index contributed by atoms with van der Waals surface area (Å²) in [7, 11) is 0. The molecule has 0 aliphatic carbocycles. The highest BCUT2D eigenvalue weighted by atomic mass is 35.5. The molecule has 1 atom stereocenters. The highest BCUT2D eigenvalue weighted by Crippen LogP contribution is 2.44. The first kappa shape index (κ1) is 31.6. The lowest BCUT2D eigenvalue weighted by atomic mass is 9.95. The molecule has 232 valence electrons. The second-order valence-electron chi connectivity index (χ2n) is 10.4. The van der Waals surface area contributed by atoms with E-state index in [1.54, 1.807) is 48.5 Å². The fourth-order valence-electron chi connectivity index (χ4n) is 4.97. The van der Waals surface area contributed by atoms with Crippen LogP contribution >= 0.6 is 46.3 Å². The van der Waals surface area contributed by atoms with Gasteiger partial charge in [0.1, 0.15) is 23.9 Å². The van der Waals surface area contributed by atoms with Crippen LogP contribution < -0.4 is 9.64 Å². The van der Waals surface area contributed by atoms with Crippen LogP contribution in [0.15, 0.2) is 101 Å². The Labute approximate surface area is 282 Å². The maximum atomic E-state index is 13.5. The molecule has 0 bridgehead atoms. The predicted molar refractivity (Wildman–Crippen MR) is 181 cm³/mol. The van der Waals surface area contributed by atoms with Gasteiger partial charge in [-0.1, -0.05) is 88.8 Å². The molecular formula is C34H25Cl2N3O5S2. The number of amides is 1. The van der Waals surface area contributed by atoms with Crippen molar-refractivity contribution >= 4 is 68.9 Å². The number of hydrogen-bond acceptors (Lipinski definition) is 9. The Balaban J connectivity index is 1.30. The van der Waals surface area contributed by atoms with Crippen LogP contribution in [-0.2, 0) is 21.9 Å². The molecule has 2 N–H and O–H groups in total. The Hall–Kier alpha value is -4.35. The van der Waals surface area contributed by atoms with E-state index in [0.717, 1.165) is 28.0 Å². The summed E-state index contributed by atoms with van der Waals surface area (Å²) < 4.78 is 6.47. The Morgan fingerprint density at radius 3 is 2.48 bits per heavy atom. The molecule has 1 fully saturated rings. The quantitative estimate of drug-likeness (QED) is 0.0522. The van der Waals surface area contributed by atoms with Crippen molar-refractivity contribution in [2.24, 2.45) is 0 Å². The van der Waals surface area contributed by atoms with E-state index >= 15 is 0 Å². The van der Waals surface area contributed by atoms with E-state index in [9.17, 15) is 19.8 Å². The average molecular weight is 691 g/mol. The monoisotopic (exact) mass is 689 g/mol. The molecule has 12 heteroatoms. The predicted octanol–water partition coefficient (Wildman–Crippen LogP) is 8.36. The number of aromatic nitrogens is 2. The molecule has 1 aliphatic rings. The van der Waals surface area contributed by atoms with Crippen molar-refractivity contribution < 1.29 is 24.5 Å². The fourth-order valence-corrected chi connectivity index (χ4v) is 7.40. The third-order valence-corrected chi connectivity index (χ3v) is 10.1. The molecule has 5 aromatic rings. The molecule has 1 unspecified atom stereocenters. The van der Waals surface area contributed by atoms with Crippen molar-refractivity contribution in [3.63, 3.8) is 0 Å². The number of phenolic OH excluding ortho intramolecular Hbond substituents is 1. The zero-order valence-electron chi connectivity index (χ0n) is 24.2. The van der Waals surface area contributed by atoms with Gasteiger partial charge in [0.2, 0.25) is 5.13 Å². The number of aliphatic hydroxyl groups is 1. The van der Waals surface area contributed by atoms with E-state index in [4.69, 9.17) is 27.9 Å². The van der Waals surface area contributed by atoms with Crippen LogP contribution in [0.3, 0.4) is 0 Å². The van der Waals surface area contributed by atoms with Gasteiger partial charge in [-0.15, -0.1) is 10.2 Å². The van der Waals surface area contributed by atoms with Crippen molar-refractivity contribution in [2.75, 3.05) is 4.90 Å². The van der Waals surface area contributed by atoms with E-state index in [2.05, 4.69) is 10.2 Å². The second kappa shape index (κ2) is 13.6. The molecule has 1 amide bonds. The van der Waals surface area contributed by atoms with E-state index in [0.29, 0.717) is 43.6 Å². The summed E-state index contributed by atoms with van der Waals surface area (Å²) >= 11 is 14.8. The summed E-state index contributed by atoms with van der Waals surface area (Å²) in [5, 5.41) is 31.4. The molecule has 1 aliphatic heterocycles. The summed E-state index contributed by atoms with van der Waals surface area (Å²) in [5.41, 5.74) is 3.60. The Morgan fingerprint density at radius 2 is 1.74 bits per heavy atom. The summed E-state index contributed by atoms with van der Waals surface area (Å²) in [6.07, 6.45) is 0. The number of aliphatic hydroxyl groups excluding tert-OH is 1. The normalized spacial score (nSPS) is 15.8. The standard InChI is InChI=1S/C34H25Cl2N3O5S2/c1-19-5-2-3-6-22(19)17-44-26-13-10-20(11-14-26)30(41)28-29(21-7-4-8-25(40)15-21)39(32(43)31(28)42)33-37-38-34(46-33)45-18-23-9-12-24(35)16-27(23)36/h2-16,29,40-41H,17-18H2,1H3/b30-28+. The van der Waals surface area contributed by atoms with Gasteiger partial charge in [-0.2, -0.15) is 0 Å². The molecule has 46 heavy (non-hydrogen) atoms. The Bertz CT molecular complexity index is 1980. The number of anilines is 1. The summed E-state index contributed by atoms with van der Waals surface area (Å²) in [4.78, 5) is 28.3. The number of thioether (sulfide) groups is 1. The molecule has 0 spiro atoms. The zero-order valence-corrected chi connectivity index (χ0v) is 27.3. The number of halogens is 2. The minimum atomic E-state index is -1.07. The molecule has 4 aromatic carbocycles. The number of benzene rings is 4. The number of ether oxygens (including phenoxy) is 1. The van der Waals surface area contributed by atoms with Gasteiger partial charge >= 0.3 is 5.91 Å². The molecule has 6 rings (SSSR count). The summed E-state index contributed by atoms with van der Waals surface area (Å²) in [5.74, 6) is -1.14. The zero-order chi connectivity index (χ0) is 32.4. The molecule has 1 aromatic heterocycles. The number of phenols is 1. The van der Waals surface area contributed by atoms with E-state index in [-0.39, 0.29) is 22.2 Å². The maximum Gasteiger partial charge on any atom is 0.301 e. The van der Waals surface area contributed by atoms with Crippen LogP contribution in [0.5, 0.6) is 11.5 Å². The van der Waals surface area contributed by atoms with Crippen molar-refractivity contribution in [1.29, 1.82) is 0 Å². The summed E-state index contributed by atoms with van der Waals surface area (Å²) in [6.45, 7) is 2.38. The number of aryl methyl sites for hydroxylation is 1. The molecule has 2 heterocycles. The van der Waals surface area contributed by atoms with Crippen LogP contribution in [0.4, 0.5) is 5.13 Å². The number of aromatic hydroxyl groups is 1. The number of hydrogen-bond donors (Lipinski definition) is 2. The number of rotatable bonds is 9. The van der Waals surface area contributed by atoms with Crippen molar-refractivity contribution in [2.45, 2.75) is 29.7 Å². The van der Waals surface area contributed by atoms with E-state index in [1.807, 2.05) is 37.3 Å². The van der Waals surface area contributed by atoms with Crippen LogP contribution in [0, 0.1) is 6.92 Å². The number of carbonyl (C=O) groups excluding carboxylic acids is 2. The van der Waals surface area contributed by atoms with Gasteiger partial charge in [-0.05, 0) is 77.7 Å². The van der Waals surface area contributed by atoms with Gasteiger partial charge in [0.15, 0.2) is 4.34 Å². The average Bonchev–Trinajstić information content (AvgIpc) is 3.61. The van der Waals surface area contributed by atoms with Crippen LogP contribution in [0.1, 0.15) is 33.9 Å². The lowest BCUT2D eigenvalue weighted by Gasteiger charge is -2.22. The van der Waals surface area contributed by atoms with Gasteiger partial charge in [-0.3, -0.25) is 14.5 Å². The lowest BCUT2D eigenvalue weighted by Crippen LogP contribution is -2.29. The van der Waals surface area contributed by atoms with Crippen LogP contribution in [-0.4, -0.2) is 32.1 Å². The van der Waals surface area contributed by atoms with Gasteiger partial charge in [0, 0.05) is 21.4 Å². The largest absolute Gasteiger partial charge is 0.508 e. The molecule has 0 saturated carbocycles. The Morgan fingerprint density at radius 1 is 0.957 bits per heavy atom. The van der Waals surface area contributed by atoms with Crippen molar-refractivity contribution in [1.82, 2.24) is 10.2 Å². The third kappa shape index (κ3) is 6.61. The minimum Gasteiger partial charge on any atom is -0.508 e. The number of ketones is 1. The molecule has 0 radical (unpaired) electrons. The Kier molecular flexibility index (Phi) is 9.32. The fraction of sp³-hybridized carbons (Fsp3) is 0.118. The van der Waals surface area contributed by atoms with Gasteiger partial charge in [0.25, 0.3) is 5.78 Å². The second-order valence-corrected chi connectivity index (χ2v) is 13.4. The van der Waals surface area contributed by atoms with Crippen molar-refractivity contribution in [3.05, 3.63) is 134 Å². The number of Topliss-reactive ketones (excluding diaryl/α,β-unsaturated/α-hetero) is 1. The van der Waals surface area contributed by atoms with E-state index in [1.165, 1.54) is 28.8 Å². The minimum absolute atomic E-state index is 0.0633. The van der Waals surface area contributed by atoms with Crippen LogP contribution in [0.2, 0.25) is 10.0 Å². The SMILES string of the molecule is Cc1ccccc1COc1ccc(/C(O)=C2\C(=O)C(=O)N(c3nnc(SCc4ccc(Cl)cc4Cl)s3)C2c2cccc(O)c2)cc1. The lowest BCUT2D eigenvalue weighted by molar-refractivity contribution is -0.132. The highest BCUT2D eigenvalue weighted by Gasteiger charge is 2.48. The molecule has 1 saturated heterocycles. The highest BCUT2D eigenvalue weighted by molar-refractivity contribution is 8.00. The first-order chi connectivity index (χ1) is 22.2. The number of nitrogens with zero attached hydrogens (tertiary/aromatic N) is 3. The van der Waals surface area contributed by atoms with Gasteiger partial charge in [0.05, 0.1) is 11.6 Å². The maximum absolute atomic E-state index is 13.5. The first-order valence-electron chi connectivity index (χ1n) is 14.0. The van der Waals surface area contributed by atoms with Gasteiger partial charge < -0.3 is 14.9 Å². The third-order valence-electron chi connectivity index (χ3n) is 7.38. The molecule has 8 nitrogen and oxygen atoms in total. The van der Waals surface area contributed by atoms with Gasteiger partial charge in [-0.25, -0.2) is 0 Å². The topological polar surface area (TPSA) is 113 Å². The van der Waals surface area contributed by atoms with Crippen LogP contribution in [0.25, 0.3) is 5.76 Å². The van der Waals surface area contributed by atoms with E-state index < -0.39 is 17.7 Å². The first-order valence-corrected chi connectivity index (χ1v) is 16.5. The summed E-state index contributed by atoms with van der Waals surface area (Å²) in [6, 6.07) is 24.9. The smallest absolute Gasteiger partial charge is 0.301 e. The number of carbonyl (C=O) groups is 2. The van der Waals surface area contributed by atoms with Crippen molar-refractivity contribution in [3.8, 4) is 11.5 Å².